The maximum Gasteiger partial charge on any atom is 0.306 e. The van der Waals surface area contributed by atoms with Crippen LogP contribution in [0.1, 0.15) is 44.7 Å². The molecular weight excluding hydrogens is 379 g/mol. The molecule has 0 aliphatic heterocycles. The average Bonchev–Trinajstić information content (AvgIpc) is 3.39. The van der Waals surface area contributed by atoms with Gasteiger partial charge in [0, 0.05) is 18.7 Å². The van der Waals surface area contributed by atoms with Crippen LogP contribution in [0.2, 0.25) is 0 Å². The van der Waals surface area contributed by atoms with E-state index >= 15 is 0 Å². The van der Waals surface area contributed by atoms with Gasteiger partial charge in [0.1, 0.15) is 12.4 Å². The SMILES string of the molecule is CC(=O)N(c1nc(COC(=O)C[C@H]2C[C@H]3CC[C@@H]2C3)cs1)c1ccccc1F. The molecule has 4 rings (SSSR count). The minimum Gasteiger partial charge on any atom is -0.459 e. The lowest BCUT2D eigenvalue weighted by atomic mass is 9.86. The van der Waals surface area contributed by atoms with Crippen molar-refractivity contribution in [2.24, 2.45) is 17.8 Å². The first-order valence-corrected chi connectivity index (χ1v) is 10.5. The molecule has 5 nitrogen and oxygen atoms in total. The third-order valence-electron chi connectivity index (χ3n) is 5.83. The van der Waals surface area contributed by atoms with Gasteiger partial charge in [0.2, 0.25) is 5.91 Å². The van der Waals surface area contributed by atoms with Gasteiger partial charge in [-0.25, -0.2) is 9.37 Å². The Labute approximate surface area is 167 Å². The van der Waals surface area contributed by atoms with Crippen LogP contribution in [0.15, 0.2) is 29.6 Å². The molecule has 1 aromatic carbocycles. The van der Waals surface area contributed by atoms with Crippen LogP contribution in [0.4, 0.5) is 15.2 Å². The van der Waals surface area contributed by atoms with E-state index in [9.17, 15) is 14.0 Å². The Hall–Kier alpha value is -2.28. The highest BCUT2D eigenvalue weighted by Gasteiger charge is 2.40. The van der Waals surface area contributed by atoms with Crippen LogP contribution in [0.5, 0.6) is 0 Å². The molecule has 2 bridgehead atoms. The normalized spacial score (nSPS) is 23.0. The predicted molar refractivity (Wildman–Crippen MR) is 105 cm³/mol. The summed E-state index contributed by atoms with van der Waals surface area (Å²) in [6, 6.07) is 6.07. The number of anilines is 2. The summed E-state index contributed by atoms with van der Waals surface area (Å²) < 4.78 is 19.5. The van der Waals surface area contributed by atoms with E-state index in [1.54, 1.807) is 17.5 Å². The van der Waals surface area contributed by atoms with Crippen molar-refractivity contribution >= 4 is 34.0 Å². The smallest absolute Gasteiger partial charge is 0.306 e. The molecule has 2 fully saturated rings. The number of ether oxygens (including phenoxy) is 1. The van der Waals surface area contributed by atoms with Crippen LogP contribution < -0.4 is 4.90 Å². The molecule has 0 saturated heterocycles. The second-order valence-electron chi connectivity index (χ2n) is 7.73. The minimum absolute atomic E-state index is 0.0686. The van der Waals surface area contributed by atoms with Gasteiger partial charge in [-0.2, -0.15) is 0 Å². The van der Waals surface area contributed by atoms with Gasteiger partial charge >= 0.3 is 5.97 Å². The first-order chi connectivity index (χ1) is 13.5. The largest absolute Gasteiger partial charge is 0.459 e. The molecule has 7 heteroatoms. The van der Waals surface area contributed by atoms with Crippen LogP contribution in [-0.2, 0) is 20.9 Å². The predicted octanol–water partition coefficient (Wildman–Crippen LogP) is 4.84. The molecule has 0 radical (unpaired) electrons. The summed E-state index contributed by atoms with van der Waals surface area (Å²) in [5, 5.41) is 2.09. The van der Waals surface area contributed by atoms with Crippen LogP contribution in [0.3, 0.4) is 0 Å². The zero-order valence-electron chi connectivity index (χ0n) is 15.8. The number of para-hydroxylation sites is 1. The summed E-state index contributed by atoms with van der Waals surface area (Å²) in [4.78, 5) is 29.9. The molecule has 1 amide bonds. The number of carbonyl (C=O) groups excluding carboxylic acids is 2. The minimum atomic E-state index is -0.494. The Kier molecular flexibility index (Phi) is 5.44. The highest BCUT2D eigenvalue weighted by atomic mass is 32.1. The lowest BCUT2D eigenvalue weighted by molar-refractivity contribution is -0.146. The van der Waals surface area contributed by atoms with E-state index in [4.69, 9.17) is 4.74 Å². The molecular formula is C21H23FN2O3S. The van der Waals surface area contributed by atoms with E-state index in [-0.39, 0.29) is 24.2 Å². The molecule has 3 atom stereocenters. The van der Waals surface area contributed by atoms with Crippen molar-refractivity contribution in [2.45, 2.75) is 45.6 Å². The topological polar surface area (TPSA) is 59.5 Å². The van der Waals surface area contributed by atoms with Crippen molar-refractivity contribution in [3.63, 3.8) is 0 Å². The molecule has 148 valence electrons. The van der Waals surface area contributed by atoms with Gasteiger partial charge in [-0.1, -0.05) is 18.6 Å². The van der Waals surface area contributed by atoms with Crippen molar-refractivity contribution in [1.82, 2.24) is 4.98 Å². The maximum atomic E-state index is 14.1. The van der Waals surface area contributed by atoms with E-state index in [1.165, 1.54) is 54.6 Å². The lowest BCUT2D eigenvalue weighted by Crippen LogP contribution is -2.23. The van der Waals surface area contributed by atoms with Crippen LogP contribution in [0, 0.1) is 23.6 Å². The fourth-order valence-corrected chi connectivity index (χ4v) is 5.42. The van der Waals surface area contributed by atoms with E-state index in [0.717, 1.165) is 12.3 Å². The second kappa shape index (κ2) is 7.99. The zero-order chi connectivity index (χ0) is 19.7. The number of aromatic nitrogens is 1. The average molecular weight is 402 g/mol. The standard InChI is InChI=1S/C21H23FN2O3S/c1-13(25)24(19-5-3-2-4-18(19)22)21-23-17(12-28-21)11-27-20(26)10-16-9-14-6-7-15(16)8-14/h2-5,12,14-16H,6-11H2,1H3/t14-,15+,16+/m0/s1. The van der Waals surface area contributed by atoms with Gasteiger partial charge in [-0.05, 0) is 49.1 Å². The van der Waals surface area contributed by atoms with Gasteiger partial charge in [0.15, 0.2) is 5.13 Å². The number of benzene rings is 1. The number of carbonyl (C=O) groups is 2. The number of fused-ring (bicyclic) bond motifs is 2. The van der Waals surface area contributed by atoms with E-state index in [2.05, 4.69) is 4.98 Å². The van der Waals surface area contributed by atoms with Gasteiger partial charge in [-0.3, -0.25) is 14.5 Å². The van der Waals surface area contributed by atoms with Gasteiger partial charge in [0.25, 0.3) is 0 Å². The van der Waals surface area contributed by atoms with Crippen LogP contribution in [-0.4, -0.2) is 16.9 Å². The Morgan fingerprint density at radius 3 is 2.79 bits per heavy atom. The molecule has 1 aromatic heterocycles. The molecule has 0 spiro atoms. The number of nitrogens with zero attached hydrogens (tertiary/aromatic N) is 2. The molecule has 1 heterocycles. The summed E-state index contributed by atoms with van der Waals surface area (Å²) in [5.41, 5.74) is 0.716. The third-order valence-corrected chi connectivity index (χ3v) is 6.71. The van der Waals surface area contributed by atoms with Crippen molar-refractivity contribution in [3.8, 4) is 0 Å². The van der Waals surface area contributed by atoms with Crippen molar-refractivity contribution in [3.05, 3.63) is 41.2 Å². The molecule has 28 heavy (non-hydrogen) atoms. The van der Waals surface area contributed by atoms with Crippen molar-refractivity contribution in [2.75, 3.05) is 4.90 Å². The Morgan fingerprint density at radius 2 is 2.11 bits per heavy atom. The highest BCUT2D eigenvalue weighted by molar-refractivity contribution is 7.14. The number of hydrogen-bond acceptors (Lipinski definition) is 5. The number of halogens is 1. The molecule has 2 aromatic rings. The Balaban J connectivity index is 1.37. The van der Waals surface area contributed by atoms with E-state index < -0.39 is 5.82 Å². The molecule has 2 aliphatic rings. The summed E-state index contributed by atoms with van der Waals surface area (Å²) in [6.45, 7) is 1.43. The number of amides is 1. The summed E-state index contributed by atoms with van der Waals surface area (Å²) in [7, 11) is 0. The fraction of sp³-hybridized carbons (Fsp3) is 0.476. The van der Waals surface area contributed by atoms with Gasteiger partial charge in [-0.15, -0.1) is 11.3 Å². The summed E-state index contributed by atoms with van der Waals surface area (Å²) in [5.74, 6) is 0.940. The summed E-state index contributed by atoms with van der Waals surface area (Å²) >= 11 is 1.22. The number of hydrogen-bond donors (Lipinski definition) is 0. The quantitative estimate of drug-likeness (QED) is 0.649. The van der Waals surface area contributed by atoms with Crippen LogP contribution >= 0.6 is 11.3 Å². The van der Waals surface area contributed by atoms with Crippen molar-refractivity contribution in [1.29, 1.82) is 0 Å². The van der Waals surface area contributed by atoms with E-state index in [0.29, 0.717) is 29.1 Å². The van der Waals surface area contributed by atoms with Crippen LogP contribution in [0.25, 0.3) is 0 Å². The maximum absolute atomic E-state index is 14.1. The molecule has 2 aliphatic carbocycles. The third kappa shape index (κ3) is 3.94. The number of thiazole rings is 1. The van der Waals surface area contributed by atoms with Crippen molar-refractivity contribution < 1.29 is 18.7 Å². The zero-order valence-corrected chi connectivity index (χ0v) is 16.6. The first kappa shape index (κ1) is 19.1. The molecule has 2 saturated carbocycles. The molecule has 0 N–H and O–H groups in total. The monoisotopic (exact) mass is 402 g/mol. The highest BCUT2D eigenvalue weighted by Crippen LogP contribution is 2.49. The Morgan fingerprint density at radius 1 is 1.29 bits per heavy atom. The Bertz CT molecular complexity index is 884. The van der Waals surface area contributed by atoms with Gasteiger partial charge < -0.3 is 4.74 Å². The van der Waals surface area contributed by atoms with E-state index in [1.807, 2.05) is 0 Å². The second-order valence-corrected chi connectivity index (χ2v) is 8.56. The molecule has 0 unspecified atom stereocenters. The fourth-order valence-electron chi connectivity index (χ4n) is 4.56. The summed E-state index contributed by atoms with van der Waals surface area (Å²) in [6.07, 6.45) is 5.45. The lowest BCUT2D eigenvalue weighted by Gasteiger charge is -2.20. The van der Waals surface area contributed by atoms with Gasteiger partial charge in [0.05, 0.1) is 11.4 Å². The number of esters is 1. The first-order valence-electron chi connectivity index (χ1n) is 9.66. The number of rotatable bonds is 6.